The van der Waals surface area contributed by atoms with Crippen LogP contribution in [-0.4, -0.2) is 34.7 Å². The molecule has 8 heteroatoms. The van der Waals surface area contributed by atoms with Gasteiger partial charge in [0.15, 0.2) is 5.88 Å². The highest BCUT2D eigenvalue weighted by molar-refractivity contribution is 5.76. The summed E-state index contributed by atoms with van der Waals surface area (Å²) in [6.45, 7) is 32.7. The lowest BCUT2D eigenvalue weighted by Crippen LogP contribution is -2.67. The highest BCUT2D eigenvalue weighted by Gasteiger charge is 2.71. The molecule has 0 aromatic heterocycles. The van der Waals surface area contributed by atoms with Crippen molar-refractivity contribution in [3.8, 4) is 0 Å². The molecule has 0 radical (unpaired) electrons. The van der Waals surface area contributed by atoms with Gasteiger partial charge in [-0.15, -0.1) is 0 Å². The number of carbonyl (C=O) groups excluding carboxylic acids is 2. The molecule has 3 N–H and O–H groups in total. The van der Waals surface area contributed by atoms with Crippen LogP contribution in [-0.2, 0) is 23.9 Å². The van der Waals surface area contributed by atoms with Gasteiger partial charge in [0.25, 0.3) is 0 Å². The van der Waals surface area contributed by atoms with E-state index in [9.17, 15) is 19.5 Å². The number of aliphatic carboxylic acids is 1. The number of carboxylic acid groups (broad SMARTS) is 1. The first kappa shape index (κ1) is 40.7. The number of ether oxygens (including phenoxy) is 2. The molecule has 0 aromatic rings. The van der Waals surface area contributed by atoms with Crippen LogP contribution in [0, 0.1) is 62.1 Å². The van der Waals surface area contributed by atoms with Gasteiger partial charge in [-0.1, -0.05) is 60.6 Å². The van der Waals surface area contributed by atoms with Crippen LogP contribution < -0.4 is 10.9 Å². The number of rotatable bonds is 11. The normalized spacial score (nSPS) is 39.4. The molecular formula is C44H72N2O6. The third-order valence-corrected chi connectivity index (χ3v) is 16.0. The van der Waals surface area contributed by atoms with Gasteiger partial charge in [-0.3, -0.25) is 25.2 Å². The number of esters is 1. The molecular weight excluding hydrogens is 652 g/mol. The fourth-order valence-electron chi connectivity index (χ4n) is 13.7. The first-order chi connectivity index (χ1) is 23.8. The maximum absolute atomic E-state index is 13.6. The molecule has 5 rings (SSSR count). The summed E-state index contributed by atoms with van der Waals surface area (Å²) in [5.74, 6) is 1.60. The minimum Gasteiger partial charge on any atom is -0.481 e. The predicted molar refractivity (Wildman–Crippen MR) is 205 cm³/mol. The minimum atomic E-state index is -0.890. The summed E-state index contributed by atoms with van der Waals surface area (Å²) >= 11 is 0. The number of carboxylic acids is 1. The van der Waals surface area contributed by atoms with E-state index in [0.717, 1.165) is 44.9 Å². The van der Waals surface area contributed by atoms with Gasteiger partial charge in [0.1, 0.15) is 11.7 Å². The van der Waals surface area contributed by atoms with Gasteiger partial charge in [0.2, 0.25) is 5.91 Å². The smallest absolute Gasteiger partial charge is 0.306 e. The Morgan fingerprint density at radius 2 is 1.46 bits per heavy atom. The summed E-state index contributed by atoms with van der Waals surface area (Å²) < 4.78 is 12.1. The number of nitrogens with one attached hydrogen (secondary N) is 2. The Kier molecular flexibility index (Phi) is 10.7. The van der Waals surface area contributed by atoms with Crippen molar-refractivity contribution in [3.05, 3.63) is 24.6 Å². The van der Waals surface area contributed by atoms with Gasteiger partial charge in [-0.05, 0) is 155 Å². The molecule has 52 heavy (non-hydrogen) atoms. The van der Waals surface area contributed by atoms with Crippen molar-refractivity contribution in [2.45, 2.75) is 171 Å². The van der Waals surface area contributed by atoms with E-state index in [2.05, 4.69) is 65.6 Å². The molecule has 0 spiro atoms. The largest absolute Gasteiger partial charge is 0.481 e. The maximum Gasteiger partial charge on any atom is 0.306 e. The molecule has 0 saturated heterocycles. The molecule has 0 bridgehead atoms. The lowest BCUT2D eigenvalue weighted by molar-refractivity contribution is -0.250. The lowest BCUT2D eigenvalue weighted by atomic mass is 9.32. The van der Waals surface area contributed by atoms with Crippen molar-refractivity contribution < 1.29 is 29.0 Å². The average Bonchev–Trinajstić information content (AvgIpc) is 3.35. The standard InChI is InChI=1S/C44H72N2O6/c1-27(2)29-16-21-44(24-34(47)46-45-28(3)52-38(4,5)6)23-22-42(12)30(37(29)44)14-15-32-41(11)19-18-33(40(9,10)31(41)17-20-43(32,42)13)51-36(50)26-39(7,8)25-35(48)49/h29-33,37,45H,1,3,14-26H2,2,4-13H3,(H,46,47)(H,48,49)/t29-,30+,31-,32+,33-,37+,41-,42+,43+,44+/m0/s1. The van der Waals surface area contributed by atoms with E-state index in [-0.39, 0.29) is 57.9 Å². The van der Waals surface area contributed by atoms with E-state index in [1.54, 1.807) is 0 Å². The highest BCUT2D eigenvalue weighted by Crippen LogP contribution is 2.78. The monoisotopic (exact) mass is 725 g/mol. The Hall–Kier alpha value is -2.51. The first-order valence-corrected chi connectivity index (χ1v) is 20.3. The van der Waals surface area contributed by atoms with Crippen LogP contribution in [0.3, 0.4) is 0 Å². The van der Waals surface area contributed by atoms with Crippen molar-refractivity contribution in [3.63, 3.8) is 0 Å². The van der Waals surface area contributed by atoms with Crippen molar-refractivity contribution in [1.82, 2.24) is 10.9 Å². The van der Waals surface area contributed by atoms with Gasteiger partial charge in [0, 0.05) is 11.8 Å². The lowest BCUT2D eigenvalue weighted by Gasteiger charge is -2.73. The van der Waals surface area contributed by atoms with E-state index in [0.29, 0.717) is 41.9 Å². The quantitative estimate of drug-likeness (QED) is 0.0842. The number of amides is 1. The fourth-order valence-corrected chi connectivity index (χ4v) is 13.7. The number of hydrogen-bond donors (Lipinski definition) is 3. The third kappa shape index (κ3) is 7.19. The van der Waals surface area contributed by atoms with E-state index >= 15 is 0 Å². The molecule has 5 aliphatic carbocycles. The zero-order valence-electron chi connectivity index (χ0n) is 34.6. The molecule has 10 atom stereocenters. The van der Waals surface area contributed by atoms with Gasteiger partial charge < -0.3 is 14.6 Å². The van der Waals surface area contributed by atoms with Crippen molar-refractivity contribution >= 4 is 17.8 Å². The number of fused-ring (bicyclic) bond motifs is 7. The van der Waals surface area contributed by atoms with E-state index in [1.165, 1.54) is 24.8 Å². The Bertz CT molecular complexity index is 1440. The van der Waals surface area contributed by atoms with Crippen LogP contribution in [0.25, 0.3) is 0 Å². The molecule has 0 aliphatic heterocycles. The maximum atomic E-state index is 13.6. The second kappa shape index (κ2) is 13.7. The van der Waals surface area contributed by atoms with Gasteiger partial charge >= 0.3 is 11.9 Å². The van der Waals surface area contributed by atoms with Gasteiger partial charge in [-0.25, -0.2) is 0 Å². The Balaban J connectivity index is 1.35. The van der Waals surface area contributed by atoms with Crippen LogP contribution in [0.4, 0.5) is 0 Å². The number of hydrogen-bond acceptors (Lipinski definition) is 6. The molecule has 0 aromatic carbocycles. The zero-order valence-corrected chi connectivity index (χ0v) is 34.6. The average molecular weight is 725 g/mol. The topological polar surface area (TPSA) is 114 Å². The van der Waals surface area contributed by atoms with Crippen molar-refractivity contribution in [1.29, 1.82) is 0 Å². The summed E-state index contributed by atoms with van der Waals surface area (Å²) in [7, 11) is 0. The molecule has 5 fully saturated rings. The highest BCUT2D eigenvalue weighted by atomic mass is 16.5. The van der Waals surface area contributed by atoms with Crippen LogP contribution in [0.15, 0.2) is 24.6 Å². The van der Waals surface area contributed by atoms with Crippen LogP contribution in [0.5, 0.6) is 0 Å². The van der Waals surface area contributed by atoms with E-state index < -0.39 is 17.0 Å². The Labute approximate surface area is 315 Å². The summed E-state index contributed by atoms with van der Waals surface area (Å²) in [4.78, 5) is 38.3. The summed E-state index contributed by atoms with van der Waals surface area (Å²) in [6, 6.07) is 0. The molecule has 5 aliphatic rings. The van der Waals surface area contributed by atoms with E-state index in [4.69, 9.17) is 9.47 Å². The van der Waals surface area contributed by atoms with Crippen molar-refractivity contribution in [2.24, 2.45) is 62.1 Å². The third-order valence-electron chi connectivity index (χ3n) is 16.0. The minimum absolute atomic E-state index is 0.00712. The second-order valence-electron chi connectivity index (χ2n) is 21.3. The summed E-state index contributed by atoms with van der Waals surface area (Å²) in [5.41, 5.74) is 6.32. The number of carbonyl (C=O) groups is 3. The SMILES string of the molecule is C=C(NNC(=O)C[C@]12CC[C@@H](C(=C)C)[C@@H]1[C@H]1CC[C@@H]3[C@@]4(C)CC[C@H](OC(=O)CC(C)(C)CC(=O)O)C(C)(C)[C@@H]4CC[C@@]3(C)[C@]1(C)CC2)OC(C)(C)C. The van der Waals surface area contributed by atoms with Crippen LogP contribution in [0.2, 0.25) is 0 Å². The second-order valence-corrected chi connectivity index (χ2v) is 21.3. The van der Waals surface area contributed by atoms with Gasteiger partial charge in [-0.2, -0.15) is 0 Å². The zero-order chi connectivity index (χ0) is 38.9. The molecule has 0 unspecified atom stereocenters. The Morgan fingerprint density at radius 1 is 0.788 bits per heavy atom. The van der Waals surface area contributed by atoms with E-state index in [1.807, 2.05) is 34.6 Å². The first-order valence-electron chi connectivity index (χ1n) is 20.3. The van der Waals surface area contributed by atoms with Crippen LogP contribution in [0.1, 0.15) is 160 Å². The molecule has 8 nitrogen and oxygen atoms in total. The van der Waals surface area contributed by atoms with Gasteiger partial charge in [0.05, 0.1) is 12.8 Å². The van der Waals surface area contributed by atoms with Crippen molar-refractivity contribution in [2.75, 3.05) is 0 Å². The number of hydrazine groups is 1. The van der Waals surface area contributed by atoms with Crippen LogP contribution >= 0.6 is 0 Å². The molecule has 294 valence electrons. The molecule has 1 amide bonds. The predicted octanol–water partition coefficient (Wildman–Crippen LogP) is 9.74. The molecule has 0 heterocycles. The number of allylic oxidation sites excluding steroid dienone is 1. The fraction of sp³-hybridized carbons (Fsp3) is 0.841. The summed E-state index contributed by atoms with van der Waals surface area (Å²) in [6.07, 6.45) is 11.3. The Morgan fingerprint density at radius 3 is 2.08 bits per heavy atom. The molecule has 5 saturated carbocycles. The summed E-state index contributed by atoms with van der Waals surface area (Å²) in [5, 5.41) is 9.34.